The summed E-state index contributed by atoms with van der Waals surface area (Å²) >= 11 is 0. The molecule has 0 saturated heterocycles. The summed E-state index contributed by atoms with van der Waals surface area (Å²) in [6.45, 7) is 9.33. The molecule has 0 aliphatic rings. The minimum atomic E-state index is 0.178. The number of hydrogen-bond donors (Lipinski definition) is 0. The van der Waals surface area contributed by atoms with Gasteiger partial charge in [-0.1, -0.05) is 25.4 Å². The van der Waals surface area contributed by atoms with Gasteiger partial charge < -0.3 is 0 Å². The quantitative estimate of drug-likeness (QED) is 0.702. The third kappa shape index (κ3) is 2.96. The van der Waals surface area contributed by atoms with E-state index in [1.54, 1.807) is 6.92 Å². The number of nitrogens with zero attached hydrogens (tertiary/aromatic N) is 3. The first-order valence-corrected chi connectivity index (χ1v) is 6.82. The van der Waals surface area contributed by atoms with Gasteiger partial charge in [0.25, 0.3) is 0 Å². The fraction of sp³-hybridized carbons (Fsp3) is 0.769. The molecule has 1 amide bonds. The van der Waals surface area contributed by atoms with Crippen molar-refractivity contribution >= 4 is 11.9 Å². The zero-order valence-corrected chi connectivity index (χ0v) is 11.9. The Morgan fingerprint density at radius 1 is 1.28 bits per heavy atom. The molecule has 0 aliphatic heterocycles. The topological polar surface area (TPSA) is 56.0 Å². The van der Waals surface area contributed by atoms with Crippen LogP contribution in [-0.2, 0) is 4.79 Å². The van der Waals surface area contributed by atoms with E-state index in [4.69, 9.17) is 4.52 Å². The van der Waals surface area contributed by atoms with Crippen LogP contribution in [-0.4, -0.2) is 29.1 Å². The van der Waals surface area contributed by atoms with Crippen molar-refractivity contribution in [2.75, 3.05) is 13.1 Å². The molecule has 0 bridgehead atoms. The molecule has 102 valence electrons. The maximum absolute atomic E-state index is 12.5. The van der Waals surface area contributed by atoms with Gasteiger partial charge >= 0.3 is 11.9 Å². The molecule has 1 rings (SSSR count). The minimum absolute atomic E-state index is 0.178. The average Bonchev–Trinajstić information content (AvgIpc) is 2.78. The smallest absolute Gasteiger partial charge is 0.282 e. The van der Waals surface area contributed by atoms with Crippen LogP contribution in [0.2, 0.25) is 0 Å². The van der Waals surface area contributed by atoms with Gasteiger partial charge in [0.05, 0.1) is 19.5 Å². The number of carbonyl (C=O) groups excluding carboxylic acids is 1. The Hall–Kier alpha value is -1.23. The number of unbranched alkanes of at least 4 members (excludes halogenated alkanes) is 1. The molecule has 5 heteroatoms. The van der Waals surface area contributed by atoms with Crippen LogP contribution in [0.1, 0.15) is 52.3 Å². The van der Waals surface area contributed by atoms with E-state index in [0.29, 0.717) is 24.8 Å². The average molecular weight is 254 g/mol. The van der Waals surface area contributed by atoms with Crippen molar-refractivity contribution < 1.29 is 9.32 Å². The summed E-state index contributed by atoms with van der Waals surface area (Å²) in [6, 6.07) is 0.446. The molecule has 18 heavy (non-hydrogen) atoms. The third-order valence-electron chi connectivity index (χ3n) is 3.26. The second kappa shape index (κ2) is 6.64. The molecule has 0 spiro atoms. The summed E-state index contributed by atoms with van der Waals surface area (Å²) in [5.41, 5.74) is 0. The summed E-state index contributed by atoms with van der Waals surface area (Å²) in [6.07, 6.45) is 3.42. The van der Waals surface area contributed by atoms with Crippen molar-refractivity contribution in [3.05, 3.63) is 5.82 Å². The summed E-state index contributed by atoms with van der Waals surface area (Å²) in [5.74, 6) is 0.763. The Kier molecular flexibility index (Phi) is 5.47. The fourth-order valence-electron chi connectivity index (χ4n) is 2.11. The first-order valence-electron chi connectivity index (χ1n) is 6.82. The first-order chi connectivity index (χ1) is 8.60. The van der Waals surface area contributed by atoms with E-state index in [0.717, 1.165) is 25.8 Å². The van der Waals surface area contributed by atoms with Crippen LogP contribution >= 0.6 is 0 Å². The van der Waals surface area contributed by atoms with Crippen molar-refractivity contribution in [1.82, 2.24) is 14.6 Å². The molecule has 1 atom stereocenters. The van der Waals surface area contributed by atoms with E-state index in [1.165, 1.54) is 0 Å². The van der Waals surface area contributed by atoms with Gasteiger partial charge in [-0.3, -0.25) is 4.52 Å². The van der Waals surface area contributed by atoms with E-state index in [9.17, 15) is 4.79 Å². The normalized spacial score (nSPS) is 14.4. The lowest BCUT2D eigenvalue weighted by Crippen LogP contribution is -2.55. The number of quaternary nitrogens is 1. The van der Waals surface area contributed by atoms with Crippen LogP contribution in [0.25, 0.3) is 0 Å². The van der Waals surface area contributed by atoms with E-state index in [-0.39, 0.29) is 10.4 Å². The predicted octanol–water partition coefficient (Wildman–Crippen LogP) is 2.83. The summed E-state index contributed by atoms with van der Waals surface area (Å²) in [4.78, 5) is 16.7. The Morgan fingerprint density at radius 2 is 2.00 bits per heavy atom. The van der Waals surface area contributed by atoms with E-state index in [2.05, 4.69) is 17.1 Å². The lowest BCUT2D eigenvalue weighted by atomic mass is 10.2. The van der Waals surface area contributed by atoms with Crippen LogP contribution in [0.15, 0.2) is 4.52 Å². The van der Waals surface area contributed by atoms with E-state index >= 15 is 0 Å². The lowest BCUT2D eigenvalue weighted by Gasteiger charge is -2.29. The summed E-state index contributed by atoms with van der Waals surface area (Å²) < 4.78 is 5.47. The molecule has 0 aromatic carbocycles. The van der Waals surface area contributed by atoms with Crippen LogP contribution in [0.4, 0.5) is 6.01 Å². The van der Waals surface area contributed by atoms with Crippen molar-refractivity contribution in [1.29, 1.82) is 0 Å². The van der Waals surface area contributed by atoms with E-state index in [1.807, 2.05) is 13.8 Å². The number of aryl methyl sites for hydroxylation is 1. The Labute approximate surface area is 109 Å². The van der Waals surface area contributed by atoms with Gasteiger partial charge in [-0.05, 0) is 26.7 Å². The standard InChI is InChI=1S/C13H24N3O2/c1-5-8-10-16(7-3,12(17)9-6-2)13-14-11(4)15-18-13/h5-10H2,1-4H3/q+1. The molecular formula is C13H24N3O2+. The first kappa shape index (κ1) is 14.8. The number of rotatable bonds is 7. The molecule has 0 fully saturated rings. The van der Waals surface area contributed by atoms with Crippen molar-refractivity contribution in [2.45, 2.75) is 53.4 Å². The number of hydrogen-bond acceptors (Lipinski definition) is 4. The fourth-order valence-corrected chi connectivity index (χ4v) is 2.11. The zero-order valence-electron chi connectivity index (χ0n) is 11.9. The predicted molar refractivity (Wildman–Crippen MR) is 71.1 cm³/mol. The SMILES string of the molecule is CCCC[N+](CC)(C(=O)CCC)c1nc(C)no1. The maximum atomic E-state index is 12.5. The second-order valence-electron chi connectivity index (χ2n) is 4.63. The van der Waals surface area contributed by atoms with Crippen LogP contribution in [0, 0.1) is 6.92 Å². The number of carbonyl (C=O) groups is 1. The highest BCUT2D eigenvalue weighted by Crippen LogP contribution is 2.24. The molecule has 0 saturated carbocycles. The van der Waals surface area contributed by atoms with Gasteiger partial charge in [0, 0.05) is 0 Å². The van der Waals surface area contributed by atoms with Crippen molar-refractivity contribution in [2.24, 2.45) is 0 Å². The molecule has 0 N–H and O–H groups in total. The van der Waals surface area contributed by atoms with Crippen molar-refractivity contribution in [3.63, 3.8) is 0 Å². The van der Waals surface area contributed by atoms with Gasteiger partial charge in [0.1, 0.15) is 0 Å². The summed E-state index contributed by atoms with van der Waals surface area (Å²) in [7, 11) is 0. The van der Waals surface area contributed by atoms with Gasteiger partial charge in [-0.25, -0.2) is 4.79 Å². The highest BCUT2D eigenvalue weighted by molar-refractivity contribution is 5.86. The minimum Gasteiger partial charge on any atom is -0.282 e. The van der Waals surface area contributed by atoms with E-state index < -0.39 is 0 Å². The van der Waals surface area contributed by atoms with Crippen molar-refractivity contribution in [3.8, 4) is 0 Å². The molecule has 0 aliphatic carbocycles. The third-order valence-corrected chi connectivity index (χ3v) is 3.26. The Balaban J connectivity index is 3.08. The molecule has 5 nitrogen and oxygen atoms in total. The molecule has 1 heterocycles. The van der Waals surface area contributed by atoms with Gasteiger partial charge in [-0.2, -0.15) is 4.48 Å². The van der Waals surface area contributed by atoms with Gasteiger partial charge in [0.15, 0.2) is 5.82 Å². The number of amides is 1. The molecule has 1 aromatic heterocycles. The lowest BCUT2D eigenvalue weighted by molar-refractivity contribution is -0.131. The highest BCUT2D eigenvalue weighted by Gasteiger charge is 2.41. The van der Waals surface area contributed by atoms with Crippen LogP contribution in [0.5, 0.6) is 0 Å². The molecule has 0 radical (unpaired) electrons. The number of aromatic nitrogens is 2. The molecular weight excluding hydrogens is 230 g/mol. The van der Waals surface area contributed by atoms with Gasteiger partial charge in [-0.15, -0.1) is 4.98 Å². The monoisotopic (exact) mass is 254 g/mol. The highest BCUT2D eigenvalue weighted by atomic mass is 16.5. The second-order valence-corrected chi connectivity index (χ2v) is 4.63. The molecule has 1 unspecified atom stereocenters. The maximum Gasteiger partial charge on any atom is 0.434 e. The summed E-state index contributed by atoms with van der Waals surface area (Å²) in [5, 5.41) is 3.83. The van der Waals surface area contributed by atoms with Crippen LogP contribution in [0.3, 0.4) is 0 Å². The Bertz CT molecular complexity index is 389. The van der Waals surface area contributed by atoms with Gasteiger partial charge in [0.2, 0.25) is 0 Å². The zero-order chi connectivity index (χ0) is 13.6. The largest absolute Gasteiger partial charge is 0.434 e. The van der Waals surface area contributed by atoms with Crippen LogP contribution < -0.4 is 4.48 Å². The Morgan fingerprint density at radius 3 is 2.44 bits per heavy atom. The molecule has 1 aromatic rings.